The summed E-state index contributed by atoms with van der Waals surface area (Å²) < 4.78 is 5.90. The van der Waals surface area contributed by atoms with Gasteiger partial charge in [-0.15, -0.1) is 12.6 Å². The highest BCUT2D eigenvalue weighted by molar-refractivity contribution is 7.80. The first-order valence-corrected chi connectivity index (χ1v) is 6.12. The van der Waals surface area contributed by atoms with Crippen LogP contribution in [0.25, 0.3) is 0 Å². The largest absolute Gasteiger partial charge is 0.453 e. The van der Waals surface area contributed by atoms with E-state index >= 15 is 0 Å². The predicted molar refractivity (Wildman–Crippen MR) is 72.9 cm³/mol. The van der Waals surface area contributed by atoms with Gasteiger partial charge in [0.1, 0.15) is 0 Å². The molecule has 3 rings (SSSR count). The summed E-state index contributed by atoms with van der Waals surface area (Å²) in [6.45, 7) is 3.02. The molecule has 3 heteroatoms. The van der Waals surface area contributed by atoms with Gasteiger partial charge in [0.2, 0.25) is 0 Å². The summed E-state index contributed by atoms with van der Waals surface area (Å²) in [5.41, 5.74) is 2.15. The van der Waals surface area contributed by atoms with E-state index in [0.29, 0.717) is 0 Å². The Balaban J connectivity index is 2.23. The van der Waals surface area contributed by atoms with Crippen LogP contribution in [0.5, 0.6) is 11.5 Å². The molecular weight excluding hydrogens is 230 g/mol. The van der Waals surface area contributed by atoms with E-state index in [1.165, 1.54) is 0 Å². The van der Waals surface area contributed by atoms with Crippen molar-refractivity contribution in [3.8, 4) is 11.5 Å². The third-order valence-electron chi connectivity index (χ3n) is 2.94. The Hall–Kier alpha value is -1.61. The number of rotatable bonds is 1. The first-order valence-electron chi connectivity index (χ1n) is 5.67. The highest BCUT2D eigenvalue weighted by Crippen LogP contribution is 2.48. The van der Waals surface area contributed by atoms with E-state index in [-0.39, 0.29) is 0 Å². The molecule has 86 valence electrons. The minimum Gasteiger partial charge on any atom is -0.453 e. The SMILES string of the molecule is CCN1c2ccccc2Oc2cccc(S)c21. The fourth-order valence-electron chi connectivity index (χ4n) is 2.20. The lowest BCUT2D eigenvalue weighted by Crippen LogP contribution is -2.21. The third kappa shape index (κ3) is 1.58. The molecule has 0 saturated carbocycles. The lowest BCUT2D eigenvalue weighted by molar-refractivity contribution is 0.472. The Morgan fingerprint density at radius 2 is 1.82 bits per heavy atom. The second-order valence-corrected chi connectivity index (χ2v) is 4.42. The lowest BCUT2D eigenvalue weighted by Gasteiger charge is -2.32. The molecule has 17 heavy (non-hydrogen) atoms. The number of ether oxygens (including phenoxy) is 1. The average Bonchev–Trinajstić information content (AvgIpc) is 2.36. The van der Waals surface area contributed by atoms with Crippen LogP contribution in [0, 0.1) is 0 Å². The molecule has 1 aliphatic heterocycles. The molecule has 2 aromatic carbocycles. The van der Waals surface area contributed by atoms with Crippen LogP contribution in [0.4, 0.5) is 11.4 Å². The molecule has 0 spiro atoms. The van der Waals surface area contributed by atoms with Crippen LogP contribution < -0.4 is 9.64 Å². The van der Waals surface area contributed by atoms with Gasteiger partial charge in [-0.25, -0.2) is 0 Å². The van der Waals surface area contributed by atoms with Crippen molar-refractivity contribution in [2.45, 2.75) is 11.8 Å². The molecule has 1 aliphatic rings. The average molecular weight is 243 g/mol. The summed E-state index contributed by atoms with van der Waals surface area (Å²) in [5, 5.41) is 0. The predicted octanol–water partition coefficient (Wildman–Crippen LogP) is 4.24. The van der Waals surface area contributed by atoms with Crippen molar-refractivity contribution < 1.29 is 4.74 Å². The Morgan fingerprint density at radius 1 is 1.06 bits per heavy atom. The minimum atomic E-state index is 0.873. The van der Waals surface area contributed by atoms with Gasteiger partial charge in [-0.05, 0) is 31.2 Å². The van der Waals surface area contributed by atoms with Gasteiger partial charge in [-0.1, -0.05) is 18.2 Å². The molecule has 0 saturated heterocycles. The van der Waals surface area contributed by atoms with Gasteiger partial charge in [-0.2, -0.15) is 0 Å². The monoisotopic (exact) mass is 243 g/mol. The lowest BCUT2D eigenvalue weighted by atomic mass is 10.1. The third-order valence-corrected chi connectivity index (χ3v) is 3.30. The zero-order chi connectivity index (χ0) is 11.8. The van der Waals surface area contributed by atoms with Crippen molar-refractivity contribution in [1.82, 2.24) is 0 Å². The van der Waals surface area contributed by atoms with Gasteiger partial charge >= 0.3 is 0 Å². The number of benzene rings is 2. The van der Waals surface area contributed by atoms with Crippen molar-refractivity contribution in [2.24, 2.45) is 0 Å². The van der Waals surface area contributed by atoms with Gasteiger partial charge in [0.05, 0.1) is 11.4 Å². The molecule has 0 bridgehead atoms. The Morgan fingerprint density at radius 3 is 2.65 bits per heavy atom. The Bertz CT molecular complexity index is 568. The molecule has 0 atom stereocenters. The molecule has 2 nitrogen and oxygen atoms in total. The van der Waals surface area contributed by atoms with E-state index in [1.807, 2.05) is 36.4 Å². The standard InChI is InChI=1S/C14H13NOS/c1-2-15-10-6-3-4-7-11(10)16-12-8-5-9-13(17)14(12)15/h3-9,17H,2H2,1H3. The van der Waals surface area contributed by atoms with E-state index in [1.54, 1.807) is 0 Å². The number of thiol groups is 1. The maximum atomic E-state index is 5.90. The first-order chi connectivity index (χ1) is 8.31. The number of para-hydroxylation sites is 3. The van der Waals surface area contributed by atoms with Crippen LogP contribution >= 0.6 is 12.6 Å². The Kier molecular flexibility index (Phi) is 2.48. The molecule has 0 unspecified atom stereocenters. The van der Waals surface area contributed by atoms with Crippen molar-refractivity contribution in [2.75, 3.05) is 11.4 Å². The van der Waals surface area contributed by atoms with Gasteiger partial charge in [0.15, 0.2) is 11.5 Å². The van der Waals surface area contributed by atoms with E-state index in [2.05, 4.69) is 30.5 Å². The maximum Gasteiger partial charge on any atom is 0.152 e. The van der Waals surface area contributed by atoms with Gasteiger partial charge in [0, 0.05) is 11.4 Å². The van der Waals surface area contributed by atoms with Gasteiger partial charge in [-0.3, -0.25) is 0 Å². The normalized spacial score (nSPS) is 12.7. The van der Waals surface area contributed by atoms with Crippen LogP contribution in [0.1, 0.15) is 6.92 Å². The molecule has 0 fully saturated rings. The first kappa shape index (κ1) is 10.5. The summed E-state index contributed by atoms with van der Waals surface area (Å²) in [6.07, 6.45) is 0. The zero-order valence-corrected chi connectivity index (χ0v) is 10.4. The molecule has 1 heterocycles. The summed E-state index contributed by atoms with van der Waals surface area (Å²) >= 11 is 4.52. The number of hydrogen-bond donors (Lipinski definition) is 1. The molecule has 2 aromatic rings. The van der Waals surface area contributed by atoms with Crippen molar-refractivity contribution in [1.29, 1.82) is 0 Å². The Labute approximate surface area is 106 Å². The fourth-order valence-corrected chi connectivity index (χ4v) is 2.52. The second kappa shape index (κ2) is 4.00. The van der Waals surface area contributed by atoms with Crippen LogP contribution in [0.2, 0.25) is 0 Å². The number of hydrogen-bond acceptors (Lipinski definition) is 3. The van der Waals surface area contributed by atoms with Gasteiger partial charge in [0.25, 0.3) is 0 Å². The van der Waals surface area contributed by atoms with E-state index < -0.39 is 0 Å². The number of fused-ring (bicyclic) bond motifs is 2. The van der Waals surface area contributed by atoms with E-state index in [9.17, 15) is 0 Å². The summed E-state index contributed by atoms with van der Waals surface area (Å²) in [7, 11) is 0. The molecule has 0 amide bonds. The van der Waals surface area contributed by atoms with Crippen LogP contribution in [0.15, 0.2) is 47.4 Å². The van der Waals surface area contributed by atoms with Crippen LogP contribution in [0.3, 0.4) is 0 Å². The van der Waals surface area contributed by atoms with E-state index in [4.69, 9.17) is 4.74 Å². The number of nitrogens with zero attached hydrogens (tertiary/aromatic N) is 1. The van der Waals surface area contributed by atoms with Crippen molar-refractivity contribution in [3.63, 3.8) is 0 Å². The summed E-state index contributed by atoms with van der Waals surface area (Å²) in [5.74, 6) is 1.78. The summed E-state index contributed by atoms with van der Waals surface area (Å²) in [4.78, 5) is 3.18. The quantitative estimate of drug-likeness (QED) is 0.752. The molecule has 0 aromatic heterocycles. The molecule has 0 aliphatic carbocycles. The van der Waals surface area contributed by atoms with E-state index in [0.717, 1.165) is 34.3 Å². The smallest absolute Gasteiger partial charge is 0.152 e. The second-order valence-electron chi connectivity index (χ2n) is 3.94. The molecule has 0 N–H and O–H groups in total. The van der Waals surface area contributed by atoms with Crippen molar-refractivity contribution >= 4 is 24.0 Å². The van der Waals surface area contributed by atoms with Crippen LogP contribution in [-0.2, 0) is 0 Å². The highest BCUT2D eigenvalue weighted by Gasteiger charge is 2.24. The maximum absolute atomic E-state index is 5.90. The minimum absolute atomic E-state index is 0.873. The number of anilines is 2. The zero-order valence-electron chi connectivity index (χ0n) is 9.55. The van der Waals surface area contributed by atoms with Crippen molar-refractivity contribution in [3.05, 3.63) is 42.5 Å². The highest BCUT2D eigenvalue weighted by atomic mass is 32.1. The topological polar surface area (TPSA) is 12.5 Å². The van der Waals surface area contributed by atoms with Gasteiger partial charge < -0.3 is 9.64 Å². The fraction of sp³-hybridized carbons (Fsp3) is 0.143. The molecule has 0 radical (unpaired) electrons. The summed E-state index contributed by atoms with van der Waals surface area (Å²) in [6, 6.07) is 14.0. The van der Waals surface area contributed by atoms with Crippen LogP contribution in [-0.4, -0.2) is 6.54 Å². The molecular formula is C14H13NOS.